The summed E-state index contributed by atoms with van der Waals surface area (Å²) in [4.78, 5) is 11.7. The molecule has 5 heteroatoms. The lowest BCUT2D eigenvalue weighted by atomic mass is 10.1. The van der Waals surface area contributed by atoms with Crippen molar-refractivity contribution in [1.82, 2.24) is 10.6 Å². The molecule has 0 saturated heterocycles. The maximum Gasteiger partial charge on any atom is 0.314 e. The van der Waals surface area contributed by atoms with Crippen molar-refractivity contribution >= 4 is 6.03 Å². The molecule has 0 heterocycles. The highest BCUT2D eigenvalue weighted by Crippen LogP contribution is 2.16. The van der Waals surface area contributed by atoms with Gasteiger partial charge in [-0.3, -0.25) is 0 Å². The number of amides is 2. The first-order valence-electron chi connectivity index (χ1n) is 8.10. The van der Waals surface area contributed by atoms with Crippen LogP contribution in [0.2, 0.25) is 0 Å². The first-order chi connectivity index (χ1) is 11.8. The van der Waals surface area contributed by atoms with Gasteiger partial charge in [0.15, 0.2) is 0 Å². The van der Waals surface area contributed by atoms with Crippen LogP contribution in [0.3, 0.4) is 0 Å². The highest BCUT2D eigenvalue weighted by atomic mass is 16.5. The van der Waals surface area contributed by atoms with Crippen LogP contribution in [0.15, 0.2) is 54.6 Å². The number of hydrogen-bond donors (Lipinski definition) is 2. The van der Waals surface area contributed by atoms with E-state index in [1.807, 2.05) is 42.5 Å². The lowest BCUT2D eigenvalue weighted by Gasteiger charge is -2.09. The Hall–Kier alpha value is -2.69. The van der Waals surface area contributed by atoms with Crippen molar-refractivity contribution in [3.05, 3.63) is 60.2 Å². The average molecular weight is 328 g/mol. The number of carbonyl (C=O) groups is 1. The lowest BCUT2D eigenvalue weighted by Crippen LogP contribution is -2.38. The molecule has 0 bridgehead atoms. The third kappa shape index (κ3) is 6.60. The molecule has 0 unspecified atom stereocenters. The molecule has 0 saturated carbocycles. The Bertz CT molecular complexity index is 600. The minimum Gasteiger partial charge on any atom is -0.497 e. The van der Waals surface area contributed by atoms with Crippen molar-refractivity contribution < 1.29 is 14.3 Å². The van der Waals surface area contributed by atoms with Gasteiger partial charge in [0.05, 0.1) is 13.7 Å². The molecule has 0 spiro atoms. The molecule has 0 aliphatic rings. The van der Waals surface area contributed by atoms with Crippen molar-refractivity contribution in [1.29, 1.82) is 0 Å². The molecule has 0 atom stereocenters. The molecule has 2 amide bonds. The standard InChI is InChI=1S/C19H24N2O3/c1-23-17-9-11-18(12-10-17)24-15-14-21-19(22)20-13-5-8-16-6-3-2-4-7-16/h2-4,6-7,9-12H,5,8,13-15H2,1H3,(H2,20,21,22). The number of aryl methyl sites for hydroxylation is 1. The molecule has 2 aromatic rings. The predicted octanol–water partition coefficient (Wildman–Crippen LogP) is 3.01. The zero-order valence-electron chi connectivity index (χ0n) is 14.0. The molecule has 128 valence electrons. The number of benzene rings is 2. The van der Waals surface area contributed by atoms with E-state index in [4.69, 9.17) is 9.47 Å². The first-order valence-corrected chi connectivity index (χ1v) is 8.10. The summed E-state index contributed by atoms with van der Waals surface area (Å²) in [5.74, 6) is 1.54. The number of nitrogens with one attached hydrogen (secondary N) is 2. The molecular formula is C19H24N2O3. The van der Waals surface area contributed by atoms with Gasteiger partial charge in [-0.15, -0.1) is 0 Å². The summed E-state index contributed by atoms with van der Waals surface area (Å²) in [5.41, 5.74) is 1.28. The van der Waals surface area contributed by atoms with Gasteiger partial charge in [0.1, 0.15) is 18.1 Å². The lowest BCUT2D eigenvalue weighted by molar-refractivity contribution is 0.236. The van der Waals surface area contributed by atoms with E-state index in [0.29, 0.717) is 19.7 Å². The Labute approximate surface area is 143 Å². The third-order valence-electron chi connectivity index (χ3n) is 3.49. The summed E-state index contributed by atoms with van der Waals surface area (Å²) in [6.45, 7) is 1.53. The van der Waals surface area contributed by atoms with Gasteiger partial charge in [0.2, 0.25) is 0 Å². The van der Waals surface area contributed by atoms with Crippen molar-refractivity contribution in [3.63, 3.8) is 0 Å². The molecule has 0 radical (unpaired) electrons. The van der Waals surface area contributed by atoms with E-state index in [1.54, 1.807) is 7.11 Å². The summed E-state index contributed by atoms with van der Waals surface area (Å²) >= 11 is 0. The van der Waals surface area contributed by atoms with Crippen LogP contribution in [0, 0.1) is 0 Å². The van der Waals surface area contributed by atoms with Gasteiger partial charge in [0, 0.05) is 6.54 Å². The maximum absolute atomic E-state index is 11.7. The van der Waals surface area contributed by atoms with Crippen LogP contribution in [0.25, 0.3) is 0 Å². The average Bonchev–Trinajstić information content (AvgIpc) is 2.64. The summed E-state index contributed by atoms with van der Waals surface area (Å²) in [5, 5.41) is 5.62. The summed E-state index contributed by atoms with van der Waals surface area (Å²) in [6, 6.07) is 17.4. The van der Waals surface area contributed by atoms with Crippen LogP contribution >= 0.6 is 0 Å². The summed E-state index contributed by atoms with van der Waals surface area (Å²) in [7, 11) is 1.62. The molecule has 2 aromatic carbocycles. The second-order valence-electron chi connectivity index (χ2n) is 5.30. The van der Waals surface area contributed by atoms with Gasteiger partial charge in [-0.1, -0.05) is 30.3 Å². The van der Waals surface area contributed by atoms with Crippen LogP contribution in [0.1, 0.15) is 12.0 Å². The first kappa shape index (κ1) is 17.7. The van der Waals surface area contributed by atoms with E-state index in [-0.39, 0.29) is 6.03 Å². The van der Waals surface area contributed by atoms with E-state index in [9.17, 15) is 4.79 Å². The van der Waals surface area contributed by atoms with E-state index in [1.165, 1.54) is 5.56 Å². The normalized spacial score (nSPS) is 10.0. The maximum atomic E-state index is 11.7. The van der Waals surface area contributed by atoms with E-state index >= 15 is 0 Å². The number of urea groups is 1. The van der Waals surface area contributed by atoms with Gasteiger partial charge in [-0.2, -0.15) is 0 Å². The van der Waals surface area contributed by atoms with Crippen molar-refractivity contribution in [2.24, 2.45) is 0 Å². The Morgan fingerprint density at radius 1 is 0.917 bits per heavy atom. The number of carbonyl (C=O) groups excluding carboxylic acids is 1. The van der Waals surface area contributed by atoms with Crippen LogP contribution in [-0.2, 0) is 6.42 Å². The Balaban J connectivity index is 1.51. The Kier molecular flexibility index (Phi) is 7.47. The number of hydrogen-bond acceptors (Lipinski definition) is 3. The largest absolute Gasteiger partial charge is 0.497 e. The van der Waals surface area contributed by atoms with Crippen LogP contribution < -0.4 is 20.1 Å². The summed E-state index contributed by atoms with van der Waals surface area (Å²) in [6.07, 6.45) is 1.88. The zero-order valence-corrected chi connectivity index (χ0v) is 14.0. The van der Waals surface area contributed by atoms with Gasteiger partial charge in [0.25, 0.3) is 0 Å². The SMILES string of the molecule is COc1ccc(OCCNC(=O)NCCCc2ccccc2)cc1. The second-order valence-corrected chi connectivity index (χ2v) is 5.30. The van der Waals surface area contributed by atoms with Gasteiger partial charge < -0.3 is 20.1 Å². The molecule has 0 aliphatic carbocycles. The van der Waals surface area contributed by atoms with Crippen molar-refractivity contribution in [3.8, 4) is 11.5 Å². The zero-order chi connectivity index (χ0) is 17.0. The monoisotopic (exact) mass is 328 g/mol. The number of rotatable bonds is 9. The van der Waals surface area contributed by atoms with Crippen LogP contribution in [-0.4, -0.2) is 32.8 Å². The second kappa shape index (κ2) is 10.2. The molecule has 0 fully saturated rings. The quantitative estimate of drug-likeness (QED) is 0.696. The van der Waals surface area contributed by atoms with Gasteiger partial charge in [-0.25, -0.2) is 4.79 Å². The molecule has 2 rings (SSSR count). The molecule has 2 N–H and O–H groups in total. The fraction of sp³-hybridized carbons (Fsp3) is 0.316. The topological polar surface area (TPSA) is 59.6 Å². The Morgan fingerprint density at radius 2 is 1.58 bits per heavy atom. The highest BCUT2D eigenvalue weighted by Gasteiger charge is 2.00. The molecular weight excluding hydrogens is 304 g/mol. The predicted molar refractivity (Wildman–Crippen MR) is 94.7 cm³/mol. The Morgan fingerprint density at radius 3 is 2.29 bits per heavy atom. The van der Waals surface area contributed by atoms with Gasteiger partial charge >= 0.3 is 6.03 Å². The number of methoxy groups -OCH3 is 1. The highest BCUT2D eigenvalue weighted by molar-refractivity contribution is 5.73. The molecule has 0 aliphatic heterocycles. The fourth-order valence-electron chi connectivity index (χ4n) is 2.21. The minimum absolute atomic E-state index is 0.165. The smallest absolute Gasteiger partial charge is 0.314 e. The minimum atomic E-state index is -0.165. The van der Waals surface area contributed by atoms with Gasteiger partial charge in [-0.05, 0) is 42.7 Å². The molecule has 5 nitrogen and oxygen atoms in total. The summed E-state index contributed by atoms with van der Waals surface area (Å²) < 4.78 is 10.6. The third-order valence-corrected chi connectivity index (χ3v) is 3.49. The van der Waals surface area contributed by atoms with E-state index in [2.05, 4.69) is 22.8 Å². The van der Waals surface area contributed by atoms with Crippen molar-refractivity contribution in [2.45, 2.75) is 12.8 Å². The molecule has 24 heavy (non-hydrogen) atoms. The molecule has 0 aromatic heterocycles. The van der Waals surface area contributed by atoms with Crippen molar-refractivity contribution in [2.75, 3.05) is 26.8 Å². The number of ether oxygens (including phenoxy) is 2. The van der Waals surface area contributed by atoms with Crippen LogP contribution in [0.4, 0.5) is 4.79 Å². The van der Waals surface area contributed by atoms with E-state index < -0.39 is 0 Å². The van der Waals surface area contributed by atoms with E-state index in [0.717, 1.165) is 24.3 Å². The fourth-order valence-corrected chi connectivity index (χ4v) is 2.21. The van der Waals surface area contributed by atoms with Crippen LogP contribution in [0.5, 0.6) is 11.5 Å².